The molecular formula is C11H22N2O4S. The third-order valence-electron chi connectivity index (χ3n) is 3.52. The van der Waals surface area contributed by atoms with Gasteiger partial charge in [0.1, 0.15) is 12.0 Å². The molecule has 0 saturated carbocycles. The van der Waals surface area contributed by atoms with Gasteiger partial charge in [0.2, 0.25) is 0 Å². The second-order valence-corrected chi connectivity index (χ2v) is 6.69. The molecule has 0 aromatic carbocycles. The van der Waals surface area contributed by atoms with Crippen molar-refractivity contribution >= 4 is 16.2 Å². The summed E-state index contributed by atoms with van der Waals surface area (Å²) in [6.45, 7) is 4.53. The number of carbonyl (C=O) groups is 1. The smallest absolute Gasteiger partial charge is 0.369 e. The molecule has 1 aliphatic heterocycles. The van der Waals surface area contributed by atoms with E-state index < -0.39 is 22.2 Å². The molecule has 1 rings (SSSR count). The van der Waals surface area contributed by atoms with E-state index in [0.717, 1.165) is 24.0 Å². The number of quaternary nitrogens is 1. The lowest BCUT2D eigenvalue weighted by atomic mass is 10.0. The molecule has 1 aliphatic rings. The molecule has 6 nitrogen and oxygen atoms in total. The first-order valence-corrected chi connectivity index (χ1v) is 7.94. The molecule has 7 heteroatoms. The fraction of sp³-hybridized carbons (Fsp3) is 0.909. The highest BCUT2D eigenvalue weighted by atomic mass is 32.2. The highest BCUT2D eigenvalue weighted by Crippen LogP contribution is 2.11. The van der Waals surface area contributed by atoms with Crippen LogP contribution >= 0.6 is 0 Å². The van der Waals surface area contributed by atoms with E-state index in [-0.39, 0.29) is 5.92 Å². The number of rotatable bonds is 6. The van der Waals surface area contributed by atoms with E-state index in [1.165, 1.54) is 4.31 Å². The third kappa shape index (κ3) is 3.93. The van der Waals surface area contributed by atoms with Gasteiger partial charge in [-0.3, -0.25) is 0 Å². The summed E-state index contributed by atoms with van der Waals surface area (Å²) in [6.07, 6.45) is 3.31. The van der Waals surface area contributed by atoms with E-state index in [1.807, 2.05) is 6.92 Å². The molecule has 0 amide bonds. The normalized spacial score (nSPS) is 21.4. The second-order valence-electron chi connectivity index (χ2n) is 4.87. The number of nitrogens with two attached hydrogens (primary N) is 1. The maximum Gasteiger partial charge on any atom is 0.369 e. The quantitative estimate of drug-likeness (QED) is 0.636. The summed E-state index contributed by atoms with van der Waals surface area (Å²) in [5, 5.41) is 11.0. The van der Waals surface area contributed by atoms with Crippen LogP contribution in [0.1, 0.15) is 39.5 Å². The minimum atomic E-state index is -3.60. The molecule has 1 fully saturated rings. The molecule has 0 aliphatic carbocycles. The summed E-state index contributed by atoms with van der Waals surface area (Å²) in [7, 11) is -3.60. The van der Waals surface area contributed by atoms with Gasteiger partial charge in [-0.2, -0.15) is 12.7 Å². The van der Waals surface area contributed by atoms with Crippen molar-refractivity contribution in [3.05, 3.63) is 0 Å². The monoisotopic (exact) mass is 278 g/mol. The average Bonchev–Trinajstić information content (AvgIpc) is 2.36. The Hall–Kier alpha value is -0.660. The topological polar surface area (TPSA) is 94.1 Å². The number of carbonyl (C=O) groups excluding carboxylic acids is 1. The summed E-state index contributed by atoms with van der Waals surface area (Å²) >= 11 is 0. The van der Waals surface area contributed by atoms with Gasteiger partial charge in [-0.1, -0.05) is 20.3 Å². The van der Waals surface area contributed by atoms with Crippen LogP contribution in [0, 0.1) is 5.92 Å². The molecule has 2 atom stereocenters. The van der Waals surface area contributed by atoms with Gasteiger partial charge in [-0.05, 0) is 19.3 Å². The molecule has 2 N–H and O–H groups in total. The second kappa shape index (κ2) is 6.49. The summed E-state index contributed by atoms with van der Waals surface area (Å²) in [4.78, 5) is 11.0. The Kier molecular flexibility index (Phi) is 5.55. The van der Waals surface area contributed by atoms with Crippen LogP contribution in [0.5, 0.6) is 0 Å². The first-order chi connectivity index (χ1) is 8.38. The van der Waals surface area contributed by atoms with Crippen LogP contribution in [0.2, 0.25) is 0 Å². The Balaban J connectivity index is 2.75. The molecule has 0 radical (unpaired) electrons. The summed E-state index contributed by atoms with van der Waals surface area (Å²) in [5.41, 5.74) is 0. The maximum atomic E-state index is 12.1. The lowest BCUT2D eigenvalue weighted by Crippen LogP contribution is -2.98. The number of piperidine rings is 1. The predicted octanol–water partition coefficient (Wildman–Crippen LogP) is -1.55. The molecule has 0 aromatic rings. The first-order valence-electron chi connectivity index (χ1n) is 6.44. The van der Waals surface area contributed by atoms with Crippen LogP contribution in [0.3, 0.4) is 0 Å². The Bertz CT molecular complexity index is 377. The molecule has 106 valence electrons. The van der Waals surface area contributed by atoms with Crippen molar-refractivity contribution in [3.63, 3.8) is 0 Å². The predicted molar refractivity (Wildman–Crippen MR) is 64.5 cm³/mol. The minimum Gasteiger partial charge on any atom is -0.544 e. The number of carboxylic acids is 1. The van der Waals surface area contributed by atoms with Gasteiger partial charge >= 0.3 is 10.2 Å². The largest absolute Gasteiger partial charge is 0.544 e. The number of aliphatic carboxylic acids is 1. The zero-order valence-corrected chi connectivity index (χ0v) is 11.8. The zero-order valence-electron chi connectivity index (χ0n) is 11.0. The summed E-state index contributed by atoms with van der Waals surface area (Å²) in [6, 6.07) is -1.04. The highest BCUT2D eigenvalue weighted by Gasteiger charge is 2.33. The number of nitrogens with zero attached hydrogens (tertiary/aromatic N) is 1. The van der Waals surface area contributed by atoms with Crippen LogP contribution in [0.25, 0.3) is 0 Å². The molecule has 1 heterocycles. The van der Waals surface area contributed by atoms with Crippen LogP contribution in [-0.4, -0.2) is 37.8 Å². The van der Waals surface area contributed by atoms with E-state index in [2.05, 4.69) is 0 Å². The Morgan fingerprint density at radius 1 is 1.33 bits per heavy atom. The average molecular weight is 278 g/mol. The van der Waals surface area contributed by atoms with Gasteiger partial charge in [0.05, 0.1) is 0 Å². The van der Waals surface area contributed by atoms with Crippen LogP contribution in [-0.2, 0) is 15.0 Å². The SMILES string of the molecule is CC[C@H](C)[C@H]([NH2+]S(=O)(=O)N1CCCCC1)C(=O)[O-]. The number of hydrogen-bond acceptors (Lipinski definition) is 4. The number of carboxylic acid groups (broad SMARTS) is 1. The highest BCUT2D eigenvalue weighted by molar-refractivity contribution is 7.82. The molecule has 0 aromatic heterocycles. The van der Waals surface area contributed by atoms with Crippen molar-refractivity contribution in [2.45, 2.75) is 45.6 Å². The van der Waals surface area contributed by atoms with Gasteiger partial charge in [-0.15, -0.1) is 0 Å². The van der Waals surface area contributed by atoms with Crippen molar-refractivity contribution in [2.24, 2.45) is 5.92 Å². The lowest BCUT2D eigenvalue weighted by molar-refractivity contribution is -0.552. The zero-order chi connectivity index (χ0) is 13.8. The van der Waals surface area contributed by atoms with E-state index >= 15 is 0 Å². The van der Waals surface area contributed by atoms with Gasteiger partial charge in [0.25, 0.3) is 0 Å². The standard InChI is InChI=1S/C11H22N2O4S/c1-3-9(2)10(11(14)15)12-18(16,17)13-7-5-4-6-8-13/h9-10,12H,3-8H2,1-2H3,(H,14,15)/t9-,10-/m0/s1. The summed E-state index contributed by atoms with van der Waals surface area (Å²) < 4.78 is 26.5. The molecule has 1 saturated heterocycles. The van der Waals surface area contributed by atoms with E-state index in [1.54, 1.807) is 6.92 Å². The van der Waals surface area contributed by atoms with E-state index in [4.69, 9.17) is 0 Å². The fourth-order valence-corrected chi connectivity index (χ4v) is 3.76. The van der Waals surface area contributed by atoms with Gasteiger partial charge in [-0.25, -0.2) is 4.72 Å². The van der Waals surface area contributed by atoms with E-state index in [9.17, 15) is 18.3 Å². The van der Waals surface area contributed by atoms with Crippen LogP contribution in [0.4, 0.5) is 0 Å². The Morgan fingerprint density at radius 2 is 1.89 bits per heavy atom. The summed E-state index contributed by atoms with van der Waals surface area (Å²) in [5.74, 6) is -1.56. The van der Waals surface area contributed by atoms with Crippen LogP contribution in [0.15, 0.2) is 0 Å². The van der Waals surface area contributed by atoms with Crippen molar-refractivity contribution in [1.82, 2.24) is 4.31 Å². The van der Waals surface area contributed by atoms with Crippen LogP contribution < -0.4 is 9.83 Å². The third-order valence-corrected chi connectivity index (χ3v) is 5.24. The molecule has 0 spiro atoms. The van der Waals surface area contributed by atoms with Crippen molar-refractivity contribution in [2.75, 3.05) is 13.1 Å². The van der Waals surface area contributed by atoms with Gasteiger partial charge in [0.15, 0.2) is 0 Å². The Labute approximate surface area is 109 Å². The fourth-order valence-electron chi connectivity index (χ4n) is 2.07. The molecule has 18 heavy (non-hydrogen) atoms. The first kappa shape index (κ1) is 15.4. The van der Waals surface area contributed by atoms with Crippen molar-refractivity contribution in [1.29, 1.82) is 0 Å². The minimum absolute atomic E-state index is 0.241. The molecule has 0 bridgehead atoms. The van der Waals surface area contributed by atoms with E-state index in [0.29, 0.717) is 19.5 Å². The number of hydrogen-bond donors (Lipinski definition) is 1. The Morgan fingerprint density at radius 3 is 2.33 bits per heavy atom. The van der Waals surface area contributed by atoms with Crippen molar-refractivity contribution in [3.8, 4) is 0 Å². The van der Waals surface area contributed by atoms with Crippen molar-refractivity contribution < 1.29 is 23.0 Å². The van der Waals surface area contributed by atoms with Gasteiger partial charge < -0.3 is 9.90 Å². The molecular weight excluding hydrogens is 256 g/mol. The van der Waals surface area contributed by atoms with Gasteiger partial charge in [0, 0.05) is 19.0 Å². The maximum absolute atomic E-state index is 12.1. The molecule has 0 unspecified atom stereocenters. The lowest BCUT2D eigenvalue weighted by Gasteiger charge is -2.28.